The predicted molar refractivity (Wildman–Crippen MR) is 74.9 cm³/mol. The zero-order valence-electron chi connectivity index (χ0n) is 10.3. The van der Waals surface area contributed by atoms with Gasteiger partial charge in [-0.2, -0.15) is 0 Å². The van der Waals surface area contributed by atoms with Gasteiger partial charge < -0.3 is 9.72 Å². The van der Waals surface area contributed by atoms with Crippen LogP contribution in [0.1, 0.15) is 25.3 Å². The summed E-state index contributed by atoms with van der Waals surface area (Å²) in [5, 5.41) is 0.693. The third-order valence-corrected chi connectivity index (χ3v) is 4.54. The van der Waals surface area contributed by atoms with E-state index in [1.807, 2.05) is 24.3 Å². The van der Waals surface area contributed by atoms with Gasteiger partial charge in [0.05, 0.1) is 29.2 Å². The number of aromatic amines is 1. The molecule has 2 aromatic rings. The molecule has 2 fully saturated rings. The summed E-state index contributed by atoms with van der Waals surface area (Å²) in [5.74, 6) is 0. The minimum atomic E-state index is 0.000463. The van der Waals surface area contributed by atoms with Crippen LogP contribution in [0, 0.1) is 4.77 Å². The van der Waals surface area contributed by atoms with Gasteiger partial charge in [0.2, 0.25) is 0 Å². The van der Waals surface area contributed by atoms with Crippen LogP contribution in [0.25, 0.3) is 10.9 Å². The molecule has 1 aromatic heterocycles. The van der Waals surface area contributed by atoms with E-state index in [0.717, 1.165) is 24.8 Å². The summed E-state index contributed by atoms with van der Waals surface area (Å²) >= 11 is 5.37. The van der Waals surface area contributed by atoms with Crippen LogP contribution in [0.4, 0.5) is 0 Å². The highest BCUT2D eigenvalue weighted by Crippen LogP contribution is 2.41. The van der Waals surface area contributed by atoms with Crippen LogP contribution in [0.15, 0.2) is 29.1 Å². The number of ether oxygens (including phenoxy) is 1. The molecule has 2 aliphatic heterocycles. The van der Waals surface area contributed by atoms with Crippen molar-refractivity contribution in [3.05, 3.63) is 39.4 Å². The van der Waals surface area contributed by atoms with E-state index >= 15 is 0 Å². The first-order valence-corrected chi connectivity index (χ1v) is 7.04. The van der Waals surface area contributed by atoms with Gasteiger partial charge in [-0.25, -0.2) is 0 Å². The molecule has 2 aliphatic rings. The number of hydrogen-bond donors (Lipinski definition) is 1. The fourth-order valence-electron chi connectivity index (χ4n) is 3.36. The van der Waals surface area contributed by atoms with Crippen LogP contribution >= 0.6 is 12.2 Å². The Morgan fingerprint density at radius 2 is 2.16 bits per heavy atom. The Morgan fingerprint density at radius 3 is 2.89 bits per heavy atom. The highest BCUT2D eigenvalue weighted by molar-refractivity contribution is 7.71. The lowest BCUT2D eigenvalue weighted by atomic mass is 9.95. The third-order valence-electron chi connectivity index (χ3n) is 4.24. The first-order valence-electron chi connectivity index (χ1n) is 6.63. The molecular weight excluding hydrogens is 260 g/mol. The second-order valence-electron chi connectivity index (χ2n) is 5.33. The van der Waals surface area contributed by atoms with E-state index in [1.165, 1.54) is 0 Å². The van der Waals surface area contributed by atoms with Crippen LogP contribution in [0.5, 0.6) is 0 Å². The number of hydrogen-bond acceptors (Lipinski definition) is 3. The zero-order chi connectivity index (χ0) is 13.0. The van der Waals surface area contributed by atoms with E-state index in [9.17, 15) is 4.79 Å². The van der Waals surface area contributed by atoms with E-state index in [2.05, 4.69) is 4.98 Å². The third kappa shape index (κ3) is 1.61. The smallest absolute Gasteiger partial charge is 0.262 e. The van der Waals surface area contributed by atoms with Crippen molar-refractivity contribution in [2.24, 2.45) is 0 Å². The molecule has 5 heteroatoms. The van der Waals surface area contributed by atoms with Gasteiger partial charge in [0.1, 0.15) is 0 Å². The molecule has 19 heavy (non-hydrogen) atoms. The molecule has 3 heterocycles. The number of benzene rings is 1. The van der Waals surface area contributed by atoms with Crippen molar-refractivity contribution in [3.8, 4) is 0 Å². The number of nitrogens with one attached hydrogen (secondary N) is 1. The van der Waals surface area contributed by atoms with E-state index in [4.69, 9.17) is 17.0 Å². The van der Waals surface area contributed by atoms with Crippen LogP contribution in [-0.2, 0) is 4.74 Å². The molecule has 1 aromatic carbocycles. The van der Waals surface area contributed by atoms with Crippen molar-refractivity contribution >= 4 is 23.1 Å². The Bertz CT molecular complexity index is 764. The largest absolute Gasteiger partial charge is 0.373 e. The quantitative estimate of drug-likeness (QED) is 0.813. The molecule has 3 unspecified atom stereocenters. The Hall–Kier alpha value is -1.46. The van der Waals surface area contributed by atoms with Gasteiger partial charge in [0.25, 0.3) is 5.56 Å². The highest BCUT2D eigenvalue weighted by Gasteiger charge is 2.42. The molecule has 3 atom stereocenters. The first-order chi connectivity index (χ1) is 9.24. The number of aromatic nitrogens is 2. The lowest BCUT2D eigenvalue weighted by Crippen LogP contribution is -2.32. The Balaban J connectivity index is 1.95. The van der Waals surface area contributed by atoms with Crippen molar-refractivity contribution < 1.29 is 4.74 Å². The Morgan fingerprint density at radius 1 is 1.32 bits per heavy atom. The van der Waals surface area contributed by atoms with Gasteiger partial charge in [-0.05, 0) is 43.6 Å². The van der Waals surface area contributed by atoms with Crippen LogP contribution in [0.3, 0.4) is 0 Å². The van der Waals surface area contributed by atoms with Crippen molar-refractivity contribution in [2.75, 3.05) is 0 Å². The SMILES string of the molecule is O=c1c2ccccc2[nH]c(=S)n1C1CC2CCC1O2. The maximum atomic E-state index is 12.6. The number of para-hydroxylation sites is 1. The number of H-pyrrole nitrogens is 1. The van der Waals surface area contributed by atoms with Crippen LogP contribution < -0.4 is 5.56 Å². The summed E-state index contributed by atoms with van der Waals surface area (Å²) in [6, 6.07) is 7.60. The molecule has 1 N–H and O–H groups in total. The van der Waals surface area contributed by atoms with E-state index < -0.39 is 0 Å². The zero-order valence-corrected chi connectivity index (χ0v) is 11.2. The summed E-state index contributed by atoms with van der Waals surface area (Å²) in [6.07, 6.45) is 3.51. The van der Waals surface area contributed by atoms with Crippen molar-refractivity contribution in [1.82, 2.24) is 9.55 Å². The van der Waals surface area contributed by atoms with Crippen molar-refractivity contribution in [3.63, 3.8) is 0 Å². The summed E-state index contributed by atoms with van der Waals surface area (Å²) < 4.78 is 8.07. The standard InChI is InChI=1S/C14H14N2O2S/c17-13-9-3-1-2-4-10(9)15-14(19)16(13)11-7-8-5-6-12(11)18-8/h1-4,8,11-12H,5-7H2,(H,15,19). The van der Waals surface area contributed by atoms with Gasteiger partial charge in [-0.1, -0.05) is 12.1 Å². The van der Waals surface area contributed by atoms with Crippen LogP contribution in [-0.4, -0.2) is 21.8 Å². The maximum Gasteiger partial charge on any atom is 0.262 e. The molecule has 0 amide bonds. The molecule has 0 aliphatic carbocycles. The Labute approximate surface area is 115 Å². The van der Waals surface area contributed by atoms with Crippen molar-refractivity contribution in [2.45, 2.75) is 37.5 Å². The Kier molecular flexibility index (Phi) is 2.40. The van der Waals surface area contributed by atoms with Crippen molar-refractivity contribution in [1.29, 1.82) is 0 Å². The second-order valence-corrected chi connectivity index (χ2v) is 5.71. The summed E-state index contributed by atoms with van der Waals surface area (Å²) in [5.41, 5.74) is 0.804. The van der Waals surface area contributed by atoms with Gasteiger partial charge in [0.15, 0.2) is 4.77 Å². The lowest BCUT2D eigenvalue weighted by Gasteiger charge is -2.21. The number of rotatable bonds is 1. The second kappa shape index (κ2) is 4.02. The molecule has 4 nitrogen and oxygen atoms in total. The predicted octanol–water partition coefficient (Wildman–Crippen LogP) is 2.55. The highest BCUT2D eigenvalue weighted by atomic mass is 32.1. The van der Waals surface area contributed by atoms with Gasteiger partial charge in [-0.3, -0.25) is 9.36 Å². The van der Waals surface area contributed by atoms with E-state index in [0.29, 0.717) is 16.3 Å². The van der Waals surface area contributed by atoms with Crippen LogP contribution in [0.2, 0.25) is 0 Å². The summed E-state index contributed by atoms with van der Waals surface area (Å²) in [6.45, 7) is 0. The molecule has 0 spiro atoms. The number of fused-ring (bicyclic) bond motifs is 3. The first kappa shape index (κ1) is 11.4. The molecule has 4 rings (SSSR count). The molecule has 0 saturated carbocycles. The normalized spacial score (nSPS) is 29.2. The minimum absolute atomic E-state index is 0.000463. The minimum Gasteiger partial charge on any atom is -0.373 e. The summed E-state index contributed by atoms with van der Waals surface area (Å²) in [4.78, 5) is 15.8. The monoisotopic (exact) mass is 274 g/mol. The average molecular weight is 274 g/mol. The van der Waals surface area contributed by atoms with Gasteiger partial charge >= 0.3 is 0 Å². The number of nitrogens with zero attached hydrogens (tertiary/aromatic N) is 1. The van der Waals surface area contributed by atoms with E-state index in [-0.39, 0.29) is 17.7 Å². The summed E-state index contributed by atoms with van der Waals surface area (Å²) in [7, 11) is 0. The fraction of sp³-hybridized carbons (Fsp3) is 0.429. The molecular formula is C14H14N2O2S. The van der Waals surface area contributed by atoms with E-state index in [1.54, 1.807) is 4.57 Å². The molecule has 0 radical (unpaired) electrons. The molecule has 2 bridgehead atoms. The topological polar surface area (TPSA) is 47.0 Å². The molecule has 2 saturated heterocycles. The maximum absolute atomic E-state index is 12.6. The van der Waals surface area contributed by atoms with Gasteiger partial charge in [0, 0.05) is 0 Å². The lowest BCUT2D eigenvalue weighted by molar-refractivity contribution is 0.0931. The average Bonchev–Trinajstić information content (AvgIpc) is 3.01. The fourth-order valence-corrected chi connectivity index (χ4v) is 3.69. The van der Waals surface area contributed by atoms with Gasteiger partial charge in [-0.15, -0.1) is 0 Å². The molecule has 98 valence electrons.